The van der Waals surface area contributed by atoms with Crippen LogP contribution in [0.25, 0.3) is 0 Å². The van der Waals surface area contributed by atoms with Crippen LogP contribution >= 0.6 is 0 Å². The van der Waals surface area contributed by atoms with Crippen LogP contribution in [0.1, 0.15) is 43.2 Å². The molecule has 0 N–H and O–H groups in total. The zero-order valence-electron chi connectivity index (χ0n) is 17.1. The Labute approximate surface area is 166 Å². The molecule has 2 aliphatic rings. The lowest BCUT2D eigenvalue weighted by molar-refractivity contribution is -0.140. The fraction of sp³-hybridized carbons (Fsp3) is 0.591. The van der Waals surface area contributed by atoms with E-state index in [4.69, 9.17) is 4.74 Å². The minimum Gasteiger partial charge on any atom is -0.492 e. The van der Waals surface area contributed by atoms with Crippen molar-refractivity contribution in [3.63, 3.8) is 0 Å². The third kappa shape index (κ3) is 4.54. The van der Waals surface area contributed by atoms with Gasteiger partial charge in [0.1, 0.15) is 12.4 Å². The van der Waals surface area contributed by atoms with Gasteiger partial charge in [-0.3, -0.25) is 19.3 Å². The first-order valence-electron chi connectivity index (χ1n) is 10.2. The summed E-state index contributed by atoms with van der Waals surface area (Å²) < 4.78 is 5.75. The van der Waals surface area contributed by atoms with Crippen molar-refractivity contribution in [3.8, 4) is 5.75 Å². The van der Waals surface area contributed by atoms with Crippen LogP contribution in [0.2, 0.25) is 0 Å². The first-order chi connectivity index (χ1) is 13.4. The Hall–Kier alpha value is -2.37. The van der Waals surface area contributed by atoms with Crippen LogP contribution in [-0.4, -0.2) is 54.3 Å². The number of carbonyl (C=O) groups is 3. The van der Waals surface area contributed by atoms with Gasteiger partial charge in [0.05, 0.1) is 18.4 Å². The van der Waals surface area contributed by atoms with Gasteiger partial charge in [0, 0.05) is 20.0 Å². The number of nitrogens with zero attached hydrogens (tertiary/aromatic N) is 2. The number of ether oxygens (including phenoxy) is 1. The Morgan fingerprint density at radius 2 is 1.64 bits per heavy atom. The summed E-state index contributed by atoms with van der Waals surface area (Å²) in [4.78, 5) is 40.3. The fourth-order valence-corrected chi connectivity index (χ4v) is 4.29. The van der Waals surface area contributed by atoms with Gasteiger partial charge in [-0.25, -0.2) is 0 Å². The highest BCUT2D eigenvalue weighted by molar-refractivity contribution is 6.05. The molecule has 1 aromatic rings. The molecule has 1 aliphatic heterocycles. The third-order valence-electron chi connectivity index (χ3n) is 5.80. The van der Waals surface area contributed by atoms with E-state index in [9.17, 15) is 14.4 Å². The number of benzene rings is 1. The normalized spacial score (nSPS) is 21.6. The van der Waals surface area contributed by atoms with Gasteiger partial charge in [-0.05, 0) is 49.9 Å². The van der Waals surface area contributed by atoms with E-state index < -0.39 is 0 Å². The van der Waals surface area contributed by atoms with Gasteiger partial charge < -0.3 is 9.64 Å². The van der Waals surface area contributed by atoms with Crippen LogP contribution < -0.4 is 4.74 Å². The Kier molecular flexibility index (Phi) is 6.37. The zero-order chi connectivity index (χ0) is 20.3. The van der Waals surface area contributed by atoms with Gasteiger partial charge in [-0.1, -0.05) is 18.9 Å². The van der Waals surface area contributed by atoms with E-state index in [1.54, 1.807) is 11.9 Å². The summed E-state index contributed by atoms with van der Waals surface area (Å²) in [6, 6.07) is 6.03. The summed E-state index contributed by atoms with van der Waals surface area (Å²) in [7, 11) is 1.72. The van der Waals surface area contributed by atoms with E-state index >= 15 is 0 Å². The molecular weight excluding hydrogens is 356 g/mol. The molecule has 1 saturated carbocycles. The van der Waals surface area contributed by atoms with Gasteiger partial charge in [0.25, 0.3) is 0 Å². The molecule has 28 heavy (non-hydrogen) atoms. The number of likely N-dealkylation sites (N-methyl/N-ethyl adjacent to an activating group) is 1. The average molecular weight is 386 g/mol. The third-order valence-corrected chi connectivity index (χ3v) is 5.80. The van der Waals surface area contributed by atoms with Crippen molar-refractivity contribution in [2.24, 2.45) is 11.8 Å². The molecule has 0 spiro atoms. The highest BCUT2D eigenvalue weighted by Crippen LogP contribution is 2.37. The first kappa shape index (κ1) is 20.4. The Morgan fingerprint density at radius 3 is 2.21 bits per heavy atom. The minimum atomic E-state index is -0.153. The van der Waals surface area contributed by atoms with E-state index in [0.29, 0.717) is 13.2 Å². The standard InChI is InChI=1S/C22H30N2O4/c1-15-12-16(2)14-17(13-15)28-11-10-23(3)20(25)8-9-24-21(26)18-6-4-5-7-19(18)22(24)27/h12-14,18-19H,4-11H2,1-3H3/t18-,19-/m0/s1. The SMILES string of the molecule is Cc1cc(C)cc(OCCN(C)C(=O)CCN2C(=O)[C@H]3CCCC[C@@H]3C2=O)c1. The quantitative estimate of drug-likeness (QED) is 0.676. The van der Waals surface area contributed by atoms with E-state index in [1.807, 2.05) is 26.0 Å². The van der Waals surface area contributed by atoms with Crippen LogP contribution in [-0.2, 0) is 14.4 Å². The zero-order valence-corrected chi connectivity index (χ0v) is 17.1. The Bertz CT molecular complexity index is 717. The minimum absolute atomic E-state index is 0.0803. The average Bonchev–Trinajstić information content (AvgIpc) is 2.90. The summed E-state index contributed by atoms with van der Waals surface area (Å²) in [5.74, 6) is 0.251. The van der Waals surface area contributed by atoms with Crippen molar-refractivity contribution >= 4 is 17.7 Å². The van der Waals surface area contributed by atoms with Gasteiger partial charge in [-0.15, -0.1) is 0 Å². The molecule has 6 nitrogen and oxygen atoms in total. The molecule has 3 rings (SSSR count). The predicted octanol–water partition coefficient (Wildman–Crippen LogP) is 2.71. The molecule has 2 fully saturated rings. The van der Waals surface area contributed by atoms with E-state index in [2.05, 4.69) is 6.07 Å². The van der Waals surface area contributed by atoms with Gasteiger partial charge >= 0.3 is 0 Å². The number of carbonyl (C=O) groups excluding carboxylic acids is 3. The number of fused-ring (bicyclic) bond motifs is 1. The smallest absolute Gasteiger partial charge is 0.233 e. The molecule has 0 radical (unpaired) electrons. The van der Waals surface area contributed by atoms with E-state index in [-0.39, 0.29) is 42.5 Å². The van der Waals surface area contributed by atoms with Crippen molar-refractivity contribution in [3.05, 3.63) is 29.3 Å². The largest absolute Gasteiger partial charge is 0.492 e. The molecule has 1 aromatic carbocycles. The molecule has 1 saturated heterocycles. The number of hydrogen-bond acceptors (Lipinski definition) is 4. The molecule has 1 heterocycles. The summed E-state index contributed by atoms with van der Waals surface area (Å²) >= 11 is 0. The van der Waals surface area contributed by atoms with Crippen LogP contribution in [0.3, 0.4) is 0 Å². The maximum atomic E-state index is 12.5. The Morgan fingerprint density at radius 1 is 1.07 bits per heavy atom. The van der Waals surface area contributed by atoms with Crippen molar-refractivity contribution in [2.75, 3.05) is 26.7 Å². The van der Waals surface area contributed by atoms with E-state index in [0.717, 1.165) is 42.6 Å². The maximum Gasteiger partial charge on any atom is 0.233 e. The van der Waals surface area contributed by atoms with Crippen LogP contribution in [0.5, 0.6) is 5.75 Å². The molecule has 2 atom stereocenters. The van der Waals surface area contributed by atoms with Crippen molar-refractivity contribution in [1.29, 1.82) is 0 Å². The van der Waals surface area contributed by atoms with Gasteiger partial charge in [0.15, 0.2) is 0 Å². The van der Waals surface area contributed by atoms with Crippen molar-refractivity contribution < 1.29 is 19.1 Å². The lowest BCUT2D eigenvalue weighted by Crippen LogP contribution is -2.37. The van der Waals surface area contributed by atoms with Crippen molar-refractivity contribution in [2.45, 2.75) is 46.0 Å². The molecule has 0 unspecified atom stereocenters. The number of hydrogen-bond donors (Lipinski definition) is 0. The van der Waals surface area contributed by atoms with Crippen LogP contribution in [0, 0.1) is 25.7 Å². The maximum absolute atomic E-state index is 12.5. The molecule has 1 aliphatic carbocycles. The number of aryl methyl sites for hydroxylation is 2. The summed E-state index contributed by atoms with van der Waals surface area (Å²) in [5, 5.41) is 0. The van der Waals surface area contributed by atoms with Crippen molar-refractivity contribution in [1.82, 2.24) is 9.80 Å². The molecule has 6 heteroatoms. The predicted molar refractivity (Wildman–Crippen MR) is 106 cm³/mol. The number of likely N-dealkylation sites (tertiary alicyclic amines) is 1. The monoisotopic (exact) mass is 386 g/mol. The lowest BCUT2D eigenvalue weighted by Gasteiger charge is -2.20. The van der Waals surface area contributed by atoms with Crippen LogP contribution in [0.15, 0.2) is 18.2 Å². The second-order valence-electron chi connectivity index (χ2n) is 8.06. The highest BCUT2D eigenvalue weighted by Gasteiger charge is 2.47. The molecule has 0 bridgehead atoms. The van der Waals surface area contributed by atoms with Gasteiger partial charge in [-0.2, -0.15) is 0 Å². The highest BCUT2D eigenvalue weighted by atomic mass is 16.5. The van der Waals surface area contributed by atoms with Crippen LogP contribution in [0.4, 0.5) is 0 Å². The second-order valence-corrected chi connectivity index (χ2v) is 8.06. The van der Waals surface area contributed by atoms with E-state index in [1.165, 1.54) is 4.90 Å². The lowest BCUT2D eigenvalue weighted by atomic mass is 9.81. The molecule has 152 valence electrons. The number of imide groups is 1. The molecule has 0 aromatic heterocycles. The number of rotatable bonds is 7. The first-order valence-corrected chi connectivity index (χ1v) is 10.2. The Balaban J connectivity index is 1.44. The fourth-order valence-electron chi connectivity index (χ4n) is 4.29. The molecule has 3 amide bonds. The topological polar surface area (TPSA) is 66.9 Å². The summed E-state index contributed by atoms with van der Waals surface area (Å²) in [6.45, 7) is 5.08. The number of amides is 3. The second kappa shape index (κ2) is 8.76. The summed E-state index contributed by atoms with van der Waals surface area (Å²) in [6.07, 6.45) is 3.79. The van der Waals surface area contributed by atoms with Gasteiger partial charge in [0.2, 0.25) is 17.7 Å². The summed E-state index contributed by atoms with van der Waals surface area (Å²) in [5.41, 5.74) is 2.28. The molecular formula is C22H30N2O4.